The molecule has 4 aliphatic rings. The number of hydroxylamine groups is 1. The van der Waals surface area contributed by atoms with Crippen molar-refractivity contribution in [3.05, 3.63) is 28.7 Å². The molecule has 5 N–H and O–H groups in total. The number of carboxylic acids is 1. The zero-order valence-corrected chi connectivity index (χ0v) is 24.4. The summed E-state index contributed by atoms with van der Waals surface area (Å²) in [6.45, 7) is 3.89. The van der Waals surface area contributed by atoms with E-state index >= 15 is 0 Å². The van der Waals surface area contributed by atoms with Gasteiger partial charge in [0.05, 0.1) is 23.3 Å². The summed E-state index contributed by atoms with van der Waals surface area (Å²) in [5, 5.41) is 19.5. The van der Waals surface area contributed by atoms with Gasteiger partial charge in [-0.15, -0.1) is 11.8 Å². The Morgan fingerprint density at radius 3 is 2.88 bits per heavy atom. The number of β-lactam (4-membered cyclic amide) rings is 1. The van der Waals surface area contributed by atoms with Crippen molar-refractivity contribution in [2.24, 2.45) is 10.6 Å². The fraction of sp³-hybridized carbons (Fsp3) is 0.500. The number of hydrogen-bond acceptors (Lipinski definition) is 14. The van der Waals surface area contributed by atoms with Gasteiger partial charge < -0.3 is 30.8 Å². The molecule has 2 fully saturated rings. The zero-order chi connectivity index (χ0) is 29.3. The lowest BCUT2D eigenvalue weighted by Crippen LogP contribution is -2.74. The summed E-state index contributed by atoms with van der Waals surface area (Å²) >= 11 is 2.15. The van der Waals surface area contributed by atoms with Crippen molar-refractivity contribution < 1.29 is 34.0 Å². The van der Waals surface area contributed by atoms with Crippen LogP contribution in [0.5, 0.6) is 0 Å². The zero-order valence-electron chi connectivity index (χ0n) is 22.0. The minimum absolute atomic E-state index is 0.0187. The largest absolute Gasteiger partial charge is 0.481 e. The number of aromatic nitrogens is 2. The molecule has 0 saturated carbocycles. The SMILES string of the molecule is CCON=C(C(=O)N[C@@H]1C(=O)N2CC(CN3C=C4N(C=C[S+]4CC)C3ONC=O)(C(=O)O)CS[C@H]12)c1nsc(N)n1. The Balaban J connectivity index is 1.29. The fourth-order valence-electron chi connectivity index (χ4n) is 4.80. The molecule has 16 nitrogen and oxygen atoms in total. The summed E-state index contributed by atoms with van der Waals surface area (Å²) in [6, 6.07) is -0.897. The number of amides is 3. The number of thioether (sulfide) groups is 1. The number of rotatable bonds is 12. The summed E-state index contributed by atoms with van der Waals surface area (Å²) in [5.74, 6) is -1.20. The molecule has 220 valence electrons. The highest BCUT2D eigenvalue weighted by molar-refractivity contribution is 8.03. The van der Waals surface area contributed by atoms with E-state index in [1.54, 1.807) is 11.8 Å². The van der Waals surface area contributed by atoms with E-state index in [1.165, 1.54) is 16.7 Å². The van der Waals surface area contributed by atoms with Gasteiger partial charge in [-0.2, -0.15) is 9.36 Å². The second kappa shape index (κ2) is 11.7. The number of fused-ring (bicyclic) bond motifs is 2. The predicted molar refractivity (Wildman–Crippen MR) is 150 cm³/mol. The number of nitrogens with zero attached hydrogens (tertiary/aromatic N) is 6. The first-order valence-corrected chi connectivity index (χ1v) is 15.8. The third-order valence-electron chi connectivity index (χ3n) is 6.76. The quantitative estimate of drug-likeness (QED) is 0.0711. The molecule has 0 aliphatic carbocycles. The molecule has 19 heteroatoms. The summed E-state index contributed by atoms with van der Waals surface area (Å²) in [7, 11) is -0.177. The van der Waals surface area contributed by atoms with E-state index in [0.29, 0.717) is 6.41 Å². The second-order valence-electron chi connectivity index (χ2n) is 9.25. The van der Waals surface area contributed by atoms with Crippen LogP contribution in [0.25, 0.3) is 0 Å². The van der Waals surface area contributed by atoms with Crippen molar-refractivity contribution in [2.75, 3.05) is 36.9 Å². The molecule has 41 heavy (non-hydrogen) atoms. The molecule has 2 saturated heterocycles. The van der Waals surface area contributed by atoms with Gasteiger partial charge in [-0.05, 0) is 13.8 Å². The van der Waals surface area contributed by atoms with Crippen molar-refractivity contribution in [2.45, 2.75) is 31.6 Å². The van der Waals surface area contributed by atoms with Crippen LogP contribution in [0.15, 0.2) is 28.0 Å². The van der Waals surface area contributed by atoms with Gasteiger partial charge in [-0.1, -0.05) is 5.16 Å². The Kier molecular flexibility index (Phi) is 8.30. The summed E-state index contributed by atoms with van der Waals surface area (Å²) < 4.78 is 4.00. The maximum atomic E-state index is 13.2. The molecular weight excluding hydrogens is 598 g/mol. The van der Waals surface area contributed by atoms with Gasteiger partial charge in [-0.25, -0.2) is 10.3 Å². The van der Waals surface area contributed by atoms with Crippen LogP contribution < -0.4 is 16.5 Å². The molecule has 0 bridgehead atoms. The maximum Gasteiger partial charge on any atom is 0.314 e. The average Bonchev–Trinajstić information content (AvgIpc) is 3.66. The Morgan fingerprint density at radius 1 is 1.41 bits per heavy atom. The Labute approximate surface area is 245 Å². The van der Waals surface area contributed by atoms with Crippen molar-refractivity contribution >= 4 is 69.2 Å². The van der Waals surface area contributed by atoms with Crippen molar-refractivity contribution in [1.29, 1.82) is 0 Å². The number of carbonyl (C=O) groups excluding carboxylic acids is 3. The van der Waals surface area contributed by atoms with Crippen LogP contribution in [0.4, 0.5) is 5.13 Å². The van der Waals surface area contributed by atoms with Gasteiger partial charge in [-0.3, -0.25) is 24.1 Å². The number of nitrogens with one attached hydrogen (secondary N) is 2. The number of nitrogen functional groups attached to an aromatic ring is 1. The number of anilines is 1. The van der Waals surface area contributed by atoms with E-state index in [0.717, 1.165) is 22.3 Å². The molecule has 1 aromatic heterocycles. The maximum absolute atomic E-state index is 13.2. The average molecular weight is 627 g/mol. The number of nitrogens with two attached hydrogens (primary N) is 1. The Bertz CT molecular complexity index is 1320. The van der Waals surface area contributed by atoms with Crippen molar-refractivity contribution in [3.8, 4) is 0 Å². The molecule has 5 atom stereocenters. The highest BCUT2D eigenvalue weighted by Crippen LogP contribution is 2.44. The molecule has 5 heterocycles. The number of aliphatic carboxylic acids is 1. The smallest absolute Gasteiger partial charge is 0.314 e. The van der Waals surface area contributed by atoms with Crippen LogP contribution in [-0.2, 0) is 39.7 Å². The third-order valence-corrected chi connectivity index (χ3v) is 10.8. The minimum atomic E-state index is -1.34. The normalized spacial score (nSPS) is 28.5. The Morgan fingerprint density at radius 2 is 2.22 bits per heavy atom. The molecule has 0 spiro atoms. The number of carbonyl (C=O) groups is 4. The molecule has 3 unspecified atom stereocenters. The van der Waals surface area contributed by atoms with Crippen molar-refractivity contribution in [3.63, 3.8) is 0 Å². The standard InChI is InChI=1S/C22H27N9O7S3/c1-3-37-27-13(15-26-20(23)40-28-15)16(33)25-14-17(34)31-9-22(19(35)36,10-39-18(14)31)8-29-7-12-30(5-6-41(12)4-2)21(29)38-24-11-32/h5-7,11,14,18,21H,3-4,8-10H2,1-2H3,(H4-,23,24,25,26,28,32,33,35,36)/p+1/t14-,18-,21?,22?,41?/m1/s1. The number of carboxylic acid groups (broad SMARTS) is 1. The van der Waals surface area contributed by atoms with Crippen LogP contribution in [0, 0.1) is 5.41 Å². The van der Waals surface area contributed by atoms with E-state index in [9.17, 15) is 24.3 Å². The van der Waals surface area contributed by atoms with Crippen LogP contribution >= 0.6 is 23.3 Å². The van der Waals surface area contributed by atoms with E-state index in [1.807, 2.05) is 22.7 Å². The highest BCUT2D eigenvalue weighted by Gasteiger charge is 2.59. The molecule has 4 aliphatic heterocycles. The fourth-order valence-corrected chi connectivity index (χ4v) is 8.37. The summed E-state index contributed by atoms with van der Waals surface area (Å²) in [6.07, 6.45) is 3.34. The first-order chi connectivity index (χ1) is 19.7. The van der Waals surface area contributed by atoms with E-state index in [-0.39, 0.29) is 53.0 Å². The first kappa shape index (κ1) is 29.0. The topological polar surface area (TPSA) is 205 Å². The van der Waals surface area contributed by atoms with Gasteiger partial charge >= 0.3 is 5.97 Å². The summed E-state index contributed by atoms with van der Waals surface area (Å²) in [4.78, 5) is 69.4. The second-order valence-corrected chi connectivity index (χ2v) is 13.3. The molecule has 0 radical (unpaired) electrons. The van der Waals surface area contributed by atoms with Crippen molar-refractivity contribution in [1.82, 2.24) is 34.9 Å². The molecule has 5 rings (SSSR count). The lowest BCUT2D eigenvalue weighted by Gasteiger charge is -2.54. The van der Waals surface area contributed by atoms with Gasteiger partial charge in [0, 0.05) is 30.4 Å². The van der Waals surface area contributed by atoms with E-state index < -0.39 is 41.0 Å². The van der Waals surface area contributed by atoms with Crippen LogP contribution in [-0.4, -0.2) is 108 Å². The molecule has 3 amide bonds. The van der Waals surface area contributed by atoms with Gasteiger partial charge in [0.15, 0.2) is 5.13 Å². The summed E-state index contributed by atoms with van der Waals surface area (Å²) in [5.41, 5.74) is 6.30. The monoisotopic (exact) mass is 626 g/mol. The van der Waals surface area contributed by atoms with Gasteiger partial charge in [0.25, 0.3) is 10.9 Å². The molecule has 1 aromatic rings. The van der Waals surface area contributed by atoms with Crippen LogP contribution in [0.1, 0.15) is 19.7 Å². The lowest BCUT2D eigenvalue weighted by molar-refractivity contribution is -0.169. The minimum Gasteiger partial charge on any atom is -0.481 e. The van der Waals surface area contributed by atoms with Gasteiger partial charge in [0.1, 0.15) is 34.6 Å². The molecule has 0 aromatic carbocycles. The number of hydrogen-bond donors (Lipinski definition) is 4. The van der Waals surface area contributed by atoms with Crippen LogP contribution in [0.3, 0.4) is 0 Å². The van der Waals surface area contributed by atoms with E-state index in [4.69, 9.17) is 15.4 Å². The highest BCUT2D eigenvalue weighted by atomic mass is 32.2. The first-order valence-electron chi connectivity index (χ1n) is 12.5. The molecular formula is C22H28N9O7S3+. The lowest BCUT2D eigenvalue weighted by atomic mass is 9.86. The van der Waals surface area contributed by atoms with E-state index in [2.05, 4.69) is 32.2 Å². The van der Waals surface area contributed by atoms with Crippen LogP contribution in [0.2, 0.25) is 0 Å². The van der Waals surface area contributed by atoms with Gasteiger partial charge in [0.2, 0.25) is 30.2 Å². The third kappa shape index (κ3) is 5.29. The predicted octanol–water partition coefficient (Wildman–Crippen LogP) is -1.17. The number of oxime groups is 1. The Hall–Kier alpha value is -3.55.